The second-order valence-electron chi connectivity index (χ2n) is 4.49. The Hall–Kier alpha value is -0.460. The third-order valence-electron chi connectivity index (χ3n) is 1.29. The molecule has 1 nitrogen and oxygen atoms in total. The van der Waals surface area contributed by atoms with Gasteiger partial charge in [-0.25, -0.2) is 0 Å². The molecule has 0 aromatic heterocycles. The Morgan fingerprint density at radius 1 is 1.00 bits per heavy atom. The highest BCUT2D eigenvalue weighted by Gasteiger charge is 1.95. The van der Waals surface area contributed by atoms with Crippen molar-refractivity contribution < 1.29 is 0 Å². The number of hydrogen-bond donors (Lipinski definition) is 1. The van der Waals surface area contributed by atoms with Gasteiger partial charge >= 0.3 is 0 Å². The molecule has 15 heavy (non-hydrogen) atoms. The zero-order chi connectivity index (χ0) is 12.7. The minimum Gasteiger partial charge on any atom is -0.392 e. The van der Waals surface area contributed by atoms with Crippen LogP contribution in [0.15, 0.2) is 12.8 Å². The van der Waals surface area contributed by atoms with Gasteiger partial charge in [0.2, 0.25) is 0 Å². The predicted octanol–water partition coefficient (Wildman–Crippen LogP) is 4.84. The topological polar surface area (TPSA) is 12.0 Å². The van der Waals surface area contributed by atoms with Gasteiger partial charge in [-0.2, -0.15) is 0 Å². The van der Waals surface area contributed by atoms with E-state index in [0.29, 0.717) is 0 Å². The standard InChI is InChI=1S/C7H16.C4H9N.C3H8/c1-6(2)5-7(3)4;1-3-5-4-2;1-3-2/h6-7H,5H2,1-4H3;3,5H,1,4H2,2H3;3H2,1-2H3. The fourth-order valence-corrected chi connectivity index (χ4v) is 1.09. The van der Waals surface area contributed by atoms with Crippen molar-refractivity contribution in [1.29, 1.82) is 0 Å². The molecule has 0 unspecified atom stereocenters. The Kier molecular flexibility index (Phi) is 25.6. The van der Waals surface area contributed by atoms with Crippen molar-refractivity contribution in [2.45, 2.75) is 61.3 Å². The van der Waals surface area contributed by atoms with Crippen molar-refractivity contribution in [3.63, 3.8) is 0 Å². The van der Waals surface area contributed by atoms with Crippen LogP contribution >= 0.6 is 0 Å². The summed E-state index contributed by atoms with van der Waals surface area (Å²) in [6.45, 7) is 19.8. The summed E-state index contributed by atoms with van der Waals surface area (Å²) in [7, 11) is 0. The van der Waals surface area contributed by atoms with E-state index in [1.165, 1.54) is 12.8 Å². The highest BCUT2D eigenvalue weighted by Crippen LogP contribution is 2.08. The molecule has 0 aromatic rings. The van der Waals surface area contributed by atoms with E-state index in [0.717, 1.165) is 18.4 Å². The van der Waals surface area contributed by atoms with Crippen LogP contribution in [-0.4, -0.2) is 6.54 Å². The lowest BCUT2D eigenvalue weighted by atomic mass is 10.0. The molecule has 0 aliphatic heterocycles. The Labute approximate surface area is 98.4 Å². The molecule has 0 fully saturated rings. The first-order valence-corrected chi connectivity index (χ1v) is 6.30. The van der Waals surface area contributed by atoms with Crippen LogP contribution < -0.4 is 5.32 Å². The SMILES string of the molecule is C=CNCC.CC(C)CC(C)C.CCC. The van der Waals surface area contributed by atoms with Crippen molar-refractivity contribution >= 4 is 0 Å². The summed E-state index contributed by atoms with van der Waals surface area (Å²) in [5.41, 5.74) is 0. The largest absolute Gasteiger partial charge is 0.392 e. The second kappa shape index (κ2) is 19.2. The Morgan fingerprint density at radius 2 is 1.33 bits per heavy atom. The number of nitrogens with one attached hydrogen (secondary N) is 1. The maximum Gasteiger partial charge on any atom is 0.0112 e. The smallest absolute Gasteiger partial charge is 0.0112 e. The molecule has 1 N–H and O–H groups in total. The summed E-state index contributed by atoms with van der Waals surface area (Å²) in [6, 6.07) is 0. The van der Waals surface area contributed by atoms with Crippen molar-refractivity contribution in [3.05, 3.63) is 12.8 Å². The molecule has 0 spiro atoms. The molecular formula is C14H33N. The van der Waals surface area contributed by atoms with E-state index in [2.05, 4.69) is 53.4 Å². The van der Waals surface area contributed by atoms with Crippen LogP contribution in [0.1, 0.15) is 61.3 Å². The summed E-state index contributed by atoms with van der Waals surface area (Å²) in [5.74, 6) is 1.75. The van der Waals surface area contributed by atoms with Gasteiger partial charge in [-0.1, -0.05) is 54.5 Å². The average molecular weight is 215 g/mol. The lowest BCUT2D eigenvalue weighted by molar-refractivity contribution is 0.469. The minimum absolute atomic E-state index is 0.875. The molecule has 0 aliphatic carbocycles. The summed E-state index contributed by atoms with van der Waals surface area (Å²) in [6.07, 6.45) is 4.29. The van der Waals surface area contributed by atoms with Gasteiger partial charge in [0, 0.05) is 6.54 Å². The van der Waals surface area contributed by atoms with Gasteiger partial charge in [-0.05, 0) is 31.4 Å². The highest BCUT2D eigenvalue weighted by atomic mass is 14.8. The maximum atomic E-state index is 3.44. The summed E-state index contributed by atoms with van der Waals surface area (Å²) >= 11 is 0. The second-order valence-corrected chi connectivity index (χ2v) is 4.49. The summed E-state index contributed by atoms with van der Waals surface area (Å²) in [5, 5.41) is 2.88. The fraction of sp³-hybridized carbons (Fsp3) is 0.857. The molecule has 94 valence electrons. The van der Waals surface area contributed by atoms with E-state index < -0.39 is 0 Å². The van der Waals surface area contributed by atoms with Gasteiger partial charge in [0.05, 0.1) is 0 Å². The molecule has 0 bridgehead atoms. The van der Waals surface area contributed by atoms with Crippen molar-refractivity contribution in [1.82, 2.24) is 5.32 Å². The monoisotopic (exact) mass is 215 g/mol. The van der Waals surface area contributed by atoms with Crippen LogP contribution in [0, 0.1) is 11.8 Å². The van der Waals surface area contributed by atoms with Crippen LogP contribution in [-0.2, 0) is 0 Å². The van der Waals surface area contributed by atoms with E-state index in [4.69, 9.17) is 0 Å². The molecule has 0 saturated heterocycles. The number of hydrogen-bond acceptors (Lipinski definition) is 1. The summed E-state index contributed by atoms with van der Waals surface area (Å²) in [4.78, 5) is 0. The number of rotatable bonds is 4. The normalized spacial score (nSPS) is 8.60. The molecule has 1 heteroatoms. The molecule has 0 aliphatic rings. The zero-order valence-electron chi connectivity index (χ0n) is 12.1. The Balaban J connectivity index is -0.000000158. The fourth-order valence-electron chi connectivity index (χ4n) is 1.09. The van der Waals surface area contributed by atoms with E-state index in [9.17, 15) is 0 Å². The Morgan fingerprint density at radius 3 is 1.33 bits per heavy atom. The van der Waals surface area contributed by atoms with Crippen LogP contribution in [0.5, 0.6) is 0 Å². The molecule has 0 aromatic carbocycles. The van der Waals surface area contributed by atoms with Crippen LogP contribution in [0.25, 0.3) is 0 Å². The zero-order valence-corrected chi connectivity index (χ0v) is 12.1. The summed E-state index contributed by atoms with van der Waals surface area (Å²) < 4.78 is 0. The predicted molar refractivity (Wildman–Crippen MR) is 74.1 cm³/mol. The van der Waals surface area contributed by atoms with E-state index in [1.54, 1.807) is 6.20 Å². The van der Waals surface area contributed by atoms with E-state index in [-0.39, 0.29) is 0 Å². The molecule has 0 saturated carbocycles. The molecule has 0 amide bonds. The Bertz CT molecular complexity index is 89.5. The first kappa shape index (κ1) is 20.0. The minimum atomic E-state index is 0.875. The van der Waals surface area contributed by atoms with Crippen molar-refractivity contribution in [3.8, 4) is 0 Å². The van der Waals surface area contributed by atoms with Crippen LogP contribution in [0.3, 0.4) is 0 Å². The van der Waals surface area contributed by atoms with Gasteiger partial charge < -0.3 is 5.32 Å². The molecule has 0 heterocycles. The molecule has 0 rings (SSSR count). The first-order valence-electron chi connectivity index (χ1n) is 6.30. The maximum absolute atomic E-state index is 3.44. The van der Waals surface area contributed by atoms with Gasteiger partial charge in [0.15, 0.2) is 0 Å². The lowest BCUT2D eigenvalue weighted by Gasteiger charge is -2.05. The van der Waals surface area contributed by atoms with E-state index >= 15 is 0 Å². The van der Waals surface area contributed by atoms with Gasteiger partial charge in [0.1, 0.15) is 0 Å². The average Bonchev–Trinajstić information content (AvgIpc) is 2.05. The van der Waals surface area contributed by atoms with Gasteiger partial charge in [-0.3, -0.25) is 0 Å². The molecular weight excluding hydrogens is 182 g/mol. The molecule has 0 atom stereocenters. The van der Waals surface area contributed by atoms with Gasteiger partial charge in [-0.15, -0.1) is 0 Å². The van der Waals surface area contributed by atoms with Crippen molar-refractivity contribution in [2.75, 3.05) is 6.54 Å². The highest BCUT2D eigenvalue weighted by molar-refractivity contribution is 4.58. The quantitative estimate of drug-likeness (QED) is 0.707. The molecule has 0 radical (unpaired) electrons. The first-order chi connectivity index (χ1) is 6.95. The lowest BCUT2D eigenvalue weighted by Crippen LogP contribution is -1.99. The van der Waals surface area contributed by atoms with E-state index in [1.807, 2.05) is 6.92 Å². The van der Waals surface area contributed by atoms with Crippen LogP contribution in [0.2, 0.25) is 0 Å². The van der Waals surface area contributed by atoms with Gasteiger partial charge in [0.25, 0.3) is 0 Å². The van der Waals surface area contributed by atoms with Crippen LogP contribution in [0.4, 0.5) is 0 Å². The van der Waals surface area contributed by atoms with Crippen molar-refractivity contribution in [2.24, 2.45) is 11.8 Å². The third-order valence-corrected chi connectivity index (χ3v) is 1.29. The third kappa shape index (κ3) is 58.8.